The van der Waals surface area contributed by atoms with Gasteiger partial charge in [0.1, 0.15) is 5.69 Å². The van der Waals surface area contributed by atoms with Crippen molar-refractivity contribution >= 4 is 11.5 Å². The van der Waals surface area contributed by atoms with Gasteiger partial charge in [0.05, 0.1) is 4.88 Å². The Balaban J connectivity index is 2.27. The Kier molecular flexibility index (Phi) is 2.28. The Morgan fingerprint density at radius 1 is 1.12 bits per heavy atom. The number of hydrogen-bond donors (Lipinski definition) is 0. The van der Waals surface area contributed by atoms with Gasteiger partial charge in [0.2, 0.25) is 0 Å². The summed E-state index contributed by atoms with van der Waals surface area (Å²) in [6.07, 6.45) is 3.51. The SMILES string of the molecule is Cc1cc2c(cc1C)-c1nnsc1CCC2. The summed E-state index contributed by atoms with van der Waals surface area (Å²) in [6, 6.07) is 4.59. The predicted molar refractivity (Wildman–Crippen MR) is 66.8 cm³/mol. The topological polar surface area (TPSA) is 25.8 Å². The molecular weight excluding hydrogens is 216 g/mol. The molecule has 1 aromatic carbocycles. The van der Waals surface area contributed by atoms with Crippen LogP contribution in [-0.2, 0) is 12.8 Å². The van der Waals surface area contributed by atoms with Gasteiger partial charge in [-0.2, -0.15) is 0 Å². The average molecular weight is 230 g/mol. The maximum Gasteiger partial charge on any atom is 0.109 e. The first-order valence-corrected chi connectivity index (χ1v) is 6.45. The van der Waals surface area contributed by atoms with Crippen LogP contribution < -0.4 is 0 Å². The monoisotopic (exact) mass is 230 g/mol. The Hall–Kier alpha value is -1.22. The van der Waals surface area contributed by atoms with E-state index in [4.69, 9.17) is 0 Å². The quantitative estimate of drug-likeness (QED) is 0.694. The van der Waals surface area contributed by atoms with E-state index in [0.717, 1.165) is 12.1 Å². The van der Waals surface area contributed by atoms with Crippen LogP contribution in [0.3, 0.4) is 0 Å². The molecule has 1 aliphatic carbocycles. The first-order chi connectivity index (χ1) is 7.75. The fourth-order valence-corrected chi connectivity index (χ4v) is 3.01. The highest BCUT2D eigenvalue weighted by Gasteiger charge is 2.18. The molecule has 82 valence electrons. The maximum atomic E-state index is 4.30. The van der Waals surface area contributed by atoms with E-state index in [-0.39, 0.29) is 0 Å². The molecule has 0 bridgehead atoms. The minimum Gasteiger partial charge on any atom is -0.138 e. The van der Waals surface area contributed by atoms with E-state index in [2.05, 4.69) is 35.6 Å². The van der Waals surface area contributed by atoms with Crippen molar-refractivity contribution < 1.29 is 0 Å². The number of benzene rings is 1. The summed E-state index contributed by atoms with van der Waals surface area (Å²) in [6.45, 7) is 4.35. The van der Waals surface area contributed by atoms with Crippen molar-refractivity contribution in [1.29, 1.82) is 0 Å². The van der Waals surface area contributed by atoms with Gasteiger partial charge >= 0.3 is 0 Å². The van der Waals surface area contributed by atoms with Crippen LogP contribution in [0, 0.1) is 13.8 Å². The van der Waals surface area contributed by atoms with Gasteiger partial charge in [-0.05, 0) is 67.4 Å². The number of rotatable bonds is 0. The molecule has 0 fully saturated rings. The third kappa shape index (κ3) is 1.47. The van der Waals surface area contributed by atoms with Gasteiger partial charge in [0, 0.05) is 5.56 Å². The smallest absolute Gasteiger partial charge is 0.109 e. The lowest BCUT2D eigenvalue weighted by atomic mass is 9.97. The second-order valence-electron chi connectivity index (χ2n) is 4.49. The largest absolute Gasteiger partial charge is 0.138 e. The molecule has 1 aromatic heterocycles. The second-order valence-corrected chi connectivity index (χ2v) is 5.33. The predicted octanol–water partition coefficient (Wildman–Crippen LogP) is 3.31. The van der Waals surface area contributed by atoms with Crippen molar-refractivity contribution in [2.45, 2.75) is 33.1 Å². The number of aromatic nitrogens is 2. The zero-order chi connectivity index (χ0) is 11.1. The summed E-state index contributed by atoms with van der Waals surface area (Å²) in [5, 5.41) is 4.30. The zero-order valence-electron chi connectivity index (χ0n) is 9.58. The molecule has 3 rings (SSSR count). The molecule has 2 aromatic rings. The van der Waals surface area contributed by atoms with Gasteiger partial charge in [-0.25, -0.2) is 0 Å². The van der Waals surface area contributed by atoms with Crippen LogP contribution in [0.5, 0.6) is 0 Å². The lowest BCUT2D eigenvalue weighted by Gasteiger charge is -2.09. The van der Waals surface area contributed by atoms with Gasteiger partial charge in [0.25, 0.3) is 0 Å². The minimum atomic E-state index is 1.12. The number of fused-ring (bicyclic) bond motifs is 3. The van der Waals surface area contributed by atoms with Crippen LogP contribution >= 0.6 is 11.5 Å². The van der Waals surface area contributed by atoms with E-state index in [1.807, 2.05) is 0 Å². The Labute approximate surface area is 99.5 Å². The first kappa shape index (κ1) is 9.97. The normalized spacial score (nSPS) is 14.1. The second kappa shape index (κ2) is 3.67. The van der Waals surface area contributed by atoms with Crippen LogP contribution in [0.15, 0.2) is 12.1 Å². The molecule has 0 amide bonds. The van der Waals surface area contributed by atoms with Crippen molar-refractivity contribution in [3.8, 4) is 11.3 Å². The molecule has 2 nitrogen and oxygen atoms in total. The van der Waals surface area contributed by atoms with E-state index in [0.29, 0.717) is 0 Å². The molecule has 3 heteroatoms. The van der Waals surface area contributed by atoms with E-state index >= 15 is 0 Å². The van der Waals surface area contributed by atoms with Gasteiger partial charge < -0.3 is 0 Å². The maximum absolute atomic E-state index is 4.30. The molecular formula is C13H14N2S. The summed E-state index contributed by atoms with van der Waals surface area (Å²) in [7, 11) is 0. The molecule has 0 saturated carbocycles. The first-order valence-electron chi connectivity index (χ1n) is 5.67. The van der Waals surface area contributed by atoms with Crippen LogP contribution in [0.25, 0.3) is 11.3 Å². The Bertz CT molecular complexity index is 543. The highest BCUT2D eigenvalue weighted by molar-refractivity contribution is 7.06. The molecule has 16 heavy (non-hydrogen) atoms. The van der Waals surface area contributed by atoms with Crippen molar-refractivity contribution in [1.82, 2.24) is 9.59 Å². The number of nitrogens with zero attached hydrogens (tertiary/aromatic N) is 2. The van der Waals surface area contributed by atoms with Gasteiger partial charge in [-0.3, -0.25) is 0 Å². The summed E-state index contributed by atoms with van der Waals surface area (Å²) in [5.74, 6) is 0. The van der Waals surface area contributed by atoms with Crippen molar-refractivity contribution in [2.24, 2.45) is 0 Å². The lowest BCUT2D eigenvalue weighted by Crippen LogP contribution is -1.92. The molecule has 1 aliphatic rings. The van der Waals surface area contributed by atoms with E-state index in [9.17, 15) is 0 Å². The van der Waals surface area contributed by atoms with Crippen LogP contribution in [-0.4, -0.2) is 9.59 Å². The number of aryl methyl sites for hydroxylation is 4. The molecule has 0 N–H and O–H groups in total. The summed E-state index contributed by atoms with van der Waals surface area (Å²) >= 11 is 1.55. The van der Waals surface area contributed by atoms with E-state index in [1.54, 1.807) is 11.5 Å². The Morgan fingerprint density at radius 3 is 2.81 bits per heavy atom. The number of hydrogen-bond acceptors (Lipinski definition) is 3. The highest BCUT2D eigenvalue weighted by Crippen LogP contribution is 2.33. The van der Waals surface area contributed by atoms with Crippen molar-refractivity contribution in [2.75, 3.05) is 0 Å². The minimum absolute atomic E-state index is 1.12. The average Bonchev–Trinajstić information content (AvgIpc) is 2.65. The zero-order valence-corrected chi connectivity index (χ0v) is 10.4. The molecule has 0 aliphatic heterocycles. The summed E-state index contributed by atoms with van der Waals surface area (Å²) in [4.78, 5) is 1.35. The molecule has 0 atom stereocenters. The van der Waals surface area contributed by atoms with Crippen LogP contribution in [0.2, 0.25) is 0 Å². The van der Waals surface area contributed by atoms with E-state index < -0.39 is 0 Å². The fourth-order valence-electron chi connectivity index (χ4n) is 2.32. The highest BCUT2D eigenvalue weighted by atomic mass is 32.1. The summed E-state index contributed by atoms with van der Waals surface area (Å²) < 4.78 is 4.09. The Morgan fingerprint density at radius 2 is 1.94 bits per heavy atom. The van der Waals surface area contributed by atoms with Crippen LogP contribution in [0.1, 0.15) is 28.0 Å². The van der Waals surface area contributed by atoms with Crippen molar-refractivity contribution in [3.05, 3.63) is 33.7 Å². The van der Waals surface area contributed by atoms with Crippen molar-refractivity contribution in [3.63, 3.8) is 0 Å². The molecule has 0 unspecified atom stereocenters. The summed E-state index contributed by atoms with van der Waals surface area (Å²) in [5.41, 5.74) is 6.60. The third-order valence-corrected chi connectivity index (χ3v) is 4.16. The van der Waals surface area contributed by atoms with Gasteiger partial charge in [-0.1, -0.05) is 10.6 Å². The van der Waals surface area contributed by atoms with Gasteiger partial charge in [0.15, 0.2) is 0 Å². The molecule has 0 radical (unpaired) electrons. The molecule has 0 saturated heterocycles. The van der Waals surface area contributed by atoms with E-state index in [1.165, 1.54) is 40.0 Å². The van der Waals surface area contributed by atoms with Gasteiger partial charge in [-0.15, -0.1) is 5.10 Å². The molecule has 1 heterocycles. The fraction of sp³-hybridized carbons (Fsp3) is 0.385. The standard InChI is InChI=1S/C13H14N2S/c1-8-6-10-4-3-5-12-13(14-15-16-12)11(10)7-9(8)2/h6-7H,3-5H2,1-2H3. The molecule has 0 spiro atoms. The van der Waals surface area contributed by atoms with Crippen LogP contribution in [0.4, 0.5) is 0 Å². The lowest BCUT2D eigenvalue weighted by molar-refractivity contribution is 0.842. The third-order valence-electron chi connectivity index (χ3n) is 3.38.